The molecule has 0 bridgehead atoms. The fraction of sp³-hybridized carbons (Fsp3) is 0.167. The number of fused-ring (bicyclic) bond motifs is 1. The SMILES string of the molecule is CN1C(=O)COc2cc(NN=C(C#N)C#N)ccc21. The molecule has 1 heterocycles. The van der Waals surface area contributed by atoms with Crippen LogP contribution in [-0.4, -0.2) is 25.3 Å². The first-order valence-electron chi connectivity index (χ1n) is 5.33. The van der Waals surface area contributed by atoms with Crippen molar-refractivity contribution >= 4 is 23.0 Å². The van der Waals surface area contributed by atoms with Gasteiger partial charge in [0.25, 0.3) is 5.91 Å². The minimum Gasteiger partial charge on any atom is -0.481 e. The van der Waals surface area contributed by atoms with E-state index in [1.165, 1.54) is 4.90 Å². The van der Waals surface area contributed by atoms with Crippen LogP contribution in [0.1, 0.15) is 0 Å². The maximum absolute atomic E-state index is 11.4. The molecule has 0 saturated carbocycles. The highest BCUT2D eigenvalue weighted by molar-refractivity contribution is 6.10. The van der Waals surface area contributed by atoms with Crippen LogP contribution in [0.3, 0.4) is 0 Å². The number of nitrogens with one attached hydrogen (secondary N) is 1. The zero-order valence-electron chi connectivity index (χ0n) is 10.0. The lowest BCUT2D eigenvalue weighted by Gasteiger charge is -2.26. The van der Waals surface area contributed by atoms with Crippen LogP contribution in [0.5, 0.6) is 5.75 Å². The molecule has 1 aliphatic rings. The lowest BCUT2D eigenvalue weighted by molar-refractivity contribution is -0.120. The van der Waals surface area contributed by atoms with Gasteiger partial charge in [0.1, 0.15) is 17.9 Å². The molecule has 0 fully saturated rings. The van der Waals surface area contributed by atoms with Crippen molar-refractivity contribution in [3.8, 4) is 17.9 Å². The monoisotopic (exact) mass is 255 g/mol. The zero-order chi connectivity index (χ0) is 13.8. The van der Waals surface area contributed by atoms with Crippen molar-refractivity contribution in [2.75, 3.05) is 24.0 Å². The third-order valence-corrected chi connectivity index (χ3v) is 2.56. The summed E-state index contributed by atoms with van der Waals surface area (Å²) in [5.74, 6) is 0.417. The summed E-state index contributed by atoms with van der Waals surface area (Å²) in [5.41, 5.74) is 3.53. The molecular weight excluding hydrogens is 246 g/mol. The molecule has 0 aliphatic carbocycles. The molecule has 0 radical (unpaired) electrons. The Kier molecular flexibility index (Phi) is 3.31. The van der Waals surface area contributed by atoms with Gasteiger partial charge in [-0.05, 0) is 12.1 Å². The van der Waals surface area contributed by atoms with Crippen molar-refractivity contribution in [1.29, 1.82) is 10.5 Å². The number of ether oxygens (including phenoxy) is 1. The summed E-state index contributed by atoms with van der Waals surface area (Å²) in [6, 6.07) is 8.30. The van der Waals surface area contributed by atoms with E-state index in [-0.39, 0.29) is 18.2 Å². The Balaban J connectivity index is 2.24. The number of nitrogens with zero attached hydrogens (tertiary/aromatic N) is 4. The maximum Gasteiger partial charge on any atom is 0.264 e. The summed E-state index contributed by atoms with van der Waals surface area (Å²) in [6.07, 6.45) is 0. The van der Waals surface area contributed by atoms with Gasteiger partial charge < -0.3 is 9.64 Å². The maximum atomic E-state index is 11.4. The molecule has 7 heteroatoms. The minimum atomic E-state index is -0.272. The molecule has 94 valence electrons. The number of benzene rings is 1. The molecule has 1 aromatic rings. The summed E-state index contributed by atoms with van der Waals surface area (Å²) in [6.45, 7) is -0.0160. The Morgan fingerprint density at radius 3 is 2.89 bits per heavy atom. The minimum absolute atomic E-state index is 0.0160. The second kappa shape index (κ2) is 5.07. The van der Waals surface area contributed by atoms with Gasteiger partial charge in [0.05, 0.1) is 11.4 Å². The number of carbonyl (C=O) groups is 1. The van der Waals surface area contributed by atoms with E-state index in [9.17, 15) is 4.79 Å². The van der Waals surface area contributed by atoms with Gasteiger partial charge in [-0.2, -0.15) is 15.6 Å². The Labute approximate surface area is 109 Å². The van der Waals surface area contributed by atoms with Crippen LogP contribution < -0.4 is 15.1 Å². The van der Waals surface area contributed by atoms with E-state index in [1.807, 2.05) is 0 Å². The molecule has 0 saturated heterocycles. The normalized spacial score (nSPS) is 12.6. The Bertz CT molecular complexity index is 623. The summed E-state index contributed by atoms with van der Waals surface area (Å²) in [5, 5.41) is 20.7. The molecule has 1 N–H and O–H groups in total. The van der Waals surface area contributed by atoms with Gasteiger partial charge in [0.15, 0.2) is 6.61 Å². The van der Waals surface area contributed by atoms with Crippen LogP contribution in [0.4, 0.5) is 11.4 Å². The van der Waals surface area contributed by atoms with E-state index in [4.69, 9.17) is 15.3 Å². The fourth-order valence-corrected chi connectivity index (χ4v) is 1.54. The second-order valence-corrected chi connectivity index (χ2v) is 3.72. The van der Waals surface area contributed by atoms with Gasteiger partial charge in [-0.25, -0.2) is 0 Å². The Morgan fingerprint density at radius 1 is 1.47 bits per heavy atom. The predicted molar refractivity (Wildman–Crippen MR) is 67.6 cm³/mol. The van der Waals surface area contributed by atoms with E-state index >= 15 is 0 Å². The molecule has 1 aromatic carbocycles. The average Bonchev–Trinajstić information content (AvgIpc) is 2.44. The van der Waals surface area contributed by atoms with Gasteiger partial charge in [0, 0.05) is 13.1 Å². The number of nitriles is 2. The van der Waals surface area contributed by atoms with Crippen molar-refractivity contribution in [1.82, 2.24) is 0 Å². The summed E-state index contributed by atoms with van der Waals surface area (Å²) >= 11 is 0. The van der Waals surface area contributed by atoms with Gasteiger partial charge in [0.2, 0.25) is 5.71 Å². The fourth-order valence-electron chi connectivity index (χ4n) is 1.54. The average molecular weight is 255 g/mol. The third-order valence-electron chi connectivity index (χ3n) is 2.56. The molecule has 0 unspecified atom stereocenters. The summed E-state index contributed by atoms with van der Waals surface area (Å²) in [4.78, 5) is 12.9. The van der Waals surface area contributed by atoms with Crippen LogP contribution in [0.25, 0.3) is 0 Å². The molecule has 1 aliphatic heterocycles. The highest BCUT2D eigenvalue weighted by Crippen LogP contribution is 2.33. The van der Waals surface area contributed by atoms with Gasteiger partial charge in [-0.15, -0.1) is 0 Å². The first-order chi connectivity index (χ1) is 9.15. The highest BCUT2D eigenvalue weighted by Gasteiger charge is 2.22. The lowest BCUT2D eigenvalue weighted by Crippen LogP contribution is -2.35. The first-order valence-corrected chi connectivity index (χ1v) is 5.33. The quantitative estimate of drug-likeness (QED) is 0.623. The molecule has 7 nitrogen and oxygen atoms in total. The standard InChI is InChI=1S/C12H9N5O2/c1-17-10-3-2-8(15-16-9(5-13)6-14)4-11(10)19-7-12(17)18/h2-4,15H,7H2,1H3. The number of hydrazone groups is 1. The molecular formula is C12H9N5O2. The van der Waals surface area contributed by atoms with Gasteiger partial charge in [-0.1, -0.05) is 0 Å². The van der Waals surface area contributed by atoms with Crippen molar-refractivity contribution in [3.63, 3.8) is 0 Å². The molecule has 0 spiro atoms. The zero-order valence-corrected chi connectivity index (χ0v) is 10.0. The van der Waals surface area contributed by atoms with Gasteiger partial charge in [-0.3, -0.25) is 10.2 Å². The summed E-state index contributed by atoms with van der Waals surface area (Å²) in [7, 11) is 1.67. The molecule has 0 atom stereocenters. The number of carbonyl (C=O) groups excluding carboxylic acids is 1. The van der Waals surface area contributed by atoms with Crippen LogP contribution in [0.2, 0.25) is 0 Å². The van der Waals surface area contributed by atoms with E-state index in [0.717, 1.165) is 0 Å². The second-order valence-electron chi connectivity index (χ2n) is 3.72. The van der Waals surface area contributed by atoms with Crippen LogP contribution in [0, 0.1) is 22.7 Å². The van der Waals surface area contributed by atoms with E-state index in [1.54, 1.807) is 37.4 Å². The predicted octanol–water partition coefficient (Wildman–Crippen LogP) is 0.857. The van der Waals surface area contributed by atoms with E-state index in [2.05, 4.69) is 10.5 Å². The Morgan fingerprint density at radius 2 is 2.21 bits per heavy atom. The number of anilines is 2. The number of amides is 1. The molecule has 2 rings (SSSR count). The number of hydrogen-bond acceptors (Lipinski definition) is 6. The highest BCUT2D eigenvalue weighted by atomic mass is 16.5. The van der Waals surface area contributed by atoms with Gasteiger partial charge >= 0.3 is 0 Å². The lowest BCUT2D eigenvalue weighted by atomic mass is 10.2. The topological polar surface area (TPSA) is 102 Å². The number of likely N-dealkylation sites (N-methyl/N-ethyl adjacent to an activating group) is 1. The third kappa shape index (κ3) is 2.45. The largest absolute Gasteiger partial charge is 0.481 e. The molecule has 19 heavy (non-hydrogen) atoms. The molecule has 1 amide bonds. The summed E-state index contributed by atoms with van der Waals surface area (Å²) < 4.78 is 5.30. The van der Waals surface area contributed by atoms with Crippen LogP contribution in [0.15, 0.2) is 23.3 Å². The number of rotatable bonds is 2. The first kappa shape index (κ1) is 12.4. The van der Waals surface area contributed by atoms with E-state index < -0.39 is 0 Å². The van der Waals surface area contributed by atoms with Crippen molar-refractivity contribution < 1.29 is 9.53 Å². The Hall–Kier alpha value is -3.06. The smallest absolute Gasteiger partial charge is 0.264 e. The number of hydrogen-bond donors (Lipinski definition) is 1. The molecule has 0 aromatic heterocycles. The van der Waals surface area contributed by atoms with Crippen molar-refractivity contribution in [2.24, 2.45) is 5.10 Å². The van der Waals surface area contributed by atoms with Crippen molar-refractivity contribution in [2.45, 2.75) is 0 Å². The van der Waals surface area contributed by atoms with E-state index in [0.29, 0.717) is 17.1 Å². The van der Waals surface area contributed by atoms with Crippen LogP contribution >= 0.6 is 0 Å². The van der Waals surface area contributed by atoms with Crippen LogP contribution in [-0.2, 0) is 4.79 Å². The van der Waals surface area contributed by atoms with Crippen molar-refractivity contribution in [3.05, 3.63) is 18.2 Å².